The average Bonchev–Trinajstić information content (AvgIpc) is 2.77. The second kappa shape index (κ2) is 6.28. The van der Waals surface area contributed by atoms with Gasteiger partial charge in [0, 0.05) is 31.0 Å². The maximum absolute atomic E-state index is 12.2. The number of aryl methyl sites for hydroxylation is 1. The fraction of sp³-hybridized carbons (Fsp3) is 0.250. The first-order valence-electron chi connectivity index (χ1n) is 5.61. The molecule has 1 heterocycles. The predicted octanol–water partition coefficient (Wildman–Crippen LogP) is 3.94. The Morgan fingerprint density at radius 1 is 1.35 bits per heavy atom. The van der Waals surface area contributed by atoms with Crippen molar-refractivity contribution in [3.8, 4) is 5.75 Å². The van der Waals surface area contributed by atoms with Crippen molar-refractivity contribution in [2.45, 2.75) is 13.2 Å². The number of aromatic nitrogens is 2. The normalized spacial score (nSPS) is 10.9. The molecular weight excluding hydrogens is 311 g/mol. The van der Waals surface area contributed by atoms with Crippen molar-refractivity contribution < 1.29 is 13.5 Å². The van der Waals surface area contributed by atoms with Crippen LogP contribution in [0, 0.1) is 0 Å². The van der Waals surface area contributed by atoms with Gasteiger partial charge in [0.15, 0.2) is 5.75 Å². The standard InChI is InChI=1S/C12H11Cl2F2N3O/c1-19-6-7(5-18-19)4-17-8-2-9(13)11(10(14)3-8)20-12(15)16/h2-3,5-6,12,17H,4H2,1H3. The molecule has 0 unspecified atom stereocenters. The molecule has 0 aliphatic carbocycles. The Bertz CT molecular complexity index is 581. The topological polar surface area (TPSA) is 39.1 Å². The molecule has 0 radical (unpaired) electrons. The second-order valence-electron chi connectivity index (χ2n) is 4.02. The predicted molar refractivity (Wildman–Crippen MR) is 73.6 cm³/mol. The molecule has 0 saturated heterocycles. The Kier molecular flexibility index (Phi) is 4.67. The zero-order chi connectivity index (χ0) is 14.7. The summed E-state index contributed by atoms with van der Waals surface area (Å²) in [7, 11) is 1.81. The van der Waals surface area contributed by atoms with Crippen LogP contribution in [0.3, 0.4) is 0 Å². The number of nitrogens with one attached hydrogen (secondary N) is 1. The van der Waals surface area contributed by atoms with E-state index in [1.165, 1.54) is 12.1 Å². The number of benzene rings is 1. The van der Waals surface area contributed by atoms with E-state index >= 15 is 0 Å². The van der Waals surface area contributed by atoms with Crippen LogP contribution in [-0.4, -0.2) is 16.4 Å². The van der Waals surface area contributed by atoms with E-state index in [2.05, 4.69) is 15.2 Å². The summed E-state index contributed by atoms with van der Waals surface area (Å²) >= 11 is 11.7. The molecule has 0 fully saturated rings. The number of alkyl halides is 2. The number of hydrogen-bond acceptors (Lipinski definition) is 3. The van der Waals surface area contributed by atoms with Gasteiger partial charge in [-0.2, -0.15) is 13.9 Å². The molecule has 0 spiro atoms. The number of anilines is 1. The molecule has 20 heavy (non-hydrogen) atoms. The molecule has 0 aliphatic rings. The van der Waals surface area contributed by atoms with Crippen molar-refractivity contribution in [3.63, 3.8) is 0 Å². The Balaban J connectivity index is 2.09. The summed E-state index contributed by atoms with van der Waals surface area (Å²) in [6, 6.07) is 2.95. The van der Waals surface area contributed by atoms with Gasteiger partial charge in [-0.15, -0.1) is 0 Å². The second-order valence-corrected chi connectivity index (χ2v) is 4.84. The molecule has 1 aromatic carbocycles. The van der Waals surface area contributed by atoms with Gasteiger partial charge in [0.25, 0.3) is 0 Å². The van der Waals surface area contributed by atoms with Crippen molar-refractivity contribution in [3.05, 3.63) is 40.1 Å². The number of hydrogen-bond donors (Lipinski definition) is 1. The summed E-state index contributed by atoms with van der Waals surface area (Å²) in [6.07, 6.45) is 3.56. The lowest BCUT2D eigenvalue weighted by atomic mass is 10.2. The Morgan fingerprint density at radius 2 is 2.00 bits per heavy atom. The zero-order valence-corrected chi connectivity index (χ0v) is 11.9. The number of rotatable bonds is 5. The lowest BCUT2D eigenvalue weighted by Crippen LogP contribution is -2.04. The molecule has 108 valence electrons. The summed E-state index contributed by atoms with van der Waals surface area (Å²) in [5.74, 6) is -0.227. The van der Waals surface area contributed by atoms with Gasteiger partial charge < -0.3 is 10.1 Å². The van der Waals surface area contributed by atoms with E-state index in [4.69, 9.17) is 23.2 Å². The maximum atomic E-state index is 12.2. The van der Waals surface area contributed by atoms with Gasteiger partial charge in [-0.3, -0.25) is 4.68 Å². The molecule has 2 aromatic rings. The van der Waals surface area contributed by atoms with Crippen LogP contribution in [-0.2, 0) is 13.6 Å². The lowest BCUT2D eigenvalue weighted by Gasteiger charge is -2.11. The van der Waals surface area contributed by atoms with Crippen LogP contribution in [0.2, 0.25) is 10.0 Å². The molecule has 1 aromatic heterocycles. The third-order valence-corrected chi connectivity index (χ3v) is 3.02. The van der Waals surface area contributed by atoms with Gasteiger partial charge in [0.2, 0.25) is 0 Å². The molecule has 1 N–H and O–H groups in total. The first-order chi connectivity index (χ1) is 9.45. The van der Waals surface area contributed by atoms with E-state index in [0.29, 0.717) is 12.2 Å². The lowest BCUT2D eigenvalue weighted by molar-refractivity contribution is -0.0497. The number of halogens is 4. The number of nitrogens with zero attached hydrogens (tertiary/aromatic N) is 2. The van der Waals surface area contributed by atoms with Crippen LogP contribution in [0.1, 0.15) is 5.56 Å². The van der Waals surface area contributed by atoms with Gasteiger partial charge in [0.05, 0.1) is 16.2 Å². The smallest absolute Gasteiger partial charge is 0.387 e. The van der Waals surface area contributed by atoms with Crippen LogP contribution < -0.4 is 10.1 Å². The Morgan fingerprint density at radius 3 is 2.50 bits per heavy atom. The molecular formula is C12H11Cl2F2N3O. The Hall–Kier alpha value is -1.53. The third-order valence-electron chi connectivity index (χ3n) is 2.46. The minimum absolute atomic E-state index is 0.0199. The van der Waals surface area contributed by atoms with E-state index in [0.717, 1.165) is 5.56 Å². The largest absolute Gasteiger partial charge is 0.432 e. The SMILES string of the molecule is Cn1cc(CNc2cc(Cl)c(OC(F)F)c(Cl)c2)cn1. The van der Waals surface area contributed by atoms with Gasteiger partial charge in [-0.25, -0.2) is 0 Å². The minimum Gasteiger partial charge on any atom is -0.432 e. The van der Waals surface area contributed by atoms with Gasteiger partial charge in [0.1, 0.15) is 0 Å². The minimum atomic E-state index is -2.97. The van der Waals surface area contributed by atoms with Crippen molar-refractivity contribution in [1.29, 1.82) is 0 Å². The van der Waals surface area contributed by atoms with Crippen LogP contribution in [0.15, 0.2) is 24.5 Å². The summed E-state index contributed by atoms with van der Waals surface area (Å²) in [5.41, 5.74) is 1.57. The molecule has 0 aliphatic heterocycles. The zero-order valence-electron chi connectivity index (χ0n) is 10.4. The van der Waals surface area contributed by atoms with Crippen LogP contribution in [0.5, 0.6) is 5.75 Å². The molecule has 8 heteroatoms. The molecule has 2 rings (SSSR count). The molecule has 0 atom stereocenters. The monoisotopic (exact) mass is 321 g/mol. The van der Waals surface area contributed by atoms with E-state index in [9.17, 15) is 8.78 Å². The summed E-state index contributed by atoms with van der Waals surface area (Å²) < 4.78 is 30.3. The van der Waals surface area contributed by atoms with E-state index in [1.54, 1.807) is 10.9 Å². The highest BCUT2D eigenvalue weighted by Crippen LogP contribution is 2.37. The van der Waals surface area contributed by atoms with E-state index < -0.39 is 6.61 Å². The number of ether oxygens (including phenoxy) is 1. The van der Waals surface area contributed by atoms with Gasteiger partial charge >= 0.3 is 6.61 Å². The van der Waals surface area contributed by atoms with Crippen LogP contribution >= 0.6 is 23.2 Å². The van der Waals surface area contributed by atoms with Crippen LogP contribution in [0.4, 0.5) is 14.5 Å². The average molecular weight is 322 g/mol. The summed E-state index contributed by atoms with van der Waals surface area (Å²) in [6.45, 7) is -2.46. The Labute approximate surface area is 124 Å². The first kappa shape index (κ1) is 14.9. The van der Waals surface area contributed by atoms with Crippen LogP contribution in [0.25, 0.3) is 0 Å². The third kappa shape index (κ3) is 3.74. The summed E-state index contributed by atoms with van der Waals surface area (Å²) in [4.78, 5) is 0. The highest BCUT2D eigenvalue weighted by molar-refractivity contribution is 6.37. The van der Waals surface area contributed by atoms with E-state index in [1.807, 2.05) is 13.2 Å². The van der Waals surface area contributed by atoms with Crippen molar-refractivity contribution in [2.24, 2.45) is 7.05 Å². The van der Waals surface area contributed by atoms with Crippen molar-refractivity contribution >= 4 is 28.9 Å². The quantitative estimate of drug-likeness (QED) is 0.906. The van der Waals surface area contributed by atoms with Crippen molar-refractivity contribution in [2.75, 3.05) is 5.32 Å². The van der Waals surface area contributed by atoms with Gasteiger partial charge in [-0.05, 0) is 12.1 Å². The highest BCUT2D eigenvalue weighted by atomic mass is 35.5. The van der Waals surface area contributed by atoms with Crippen molar-refractivity contribution in [1.82, 2.24) is 9.78 Å². The first-order valence-corrected chi connectivity index (χ1v) is 6.36. The molecule has 0 amide bonds. The highest BCUT2D eigenvalue weighted by Gasteiger charge is 2.14. The summed E-state index contributed by atoms with van der Waals surface area (Å²) in [5, 5.41) is 7.14. The molecule has 4 nitrogen and oxygen atoms in total. The molecule has 0 saturated carbocycles. The maximum Gasteiger partial charge on any atom is 0.387 e. The van der Waals surface area contributed by atoms with E-state index in [-0.39, 0.29) is 15.8 Å². The van der Waals surface area contributed by atoms with Gasteiger partial charge in [-0.1, -0.05) is 23.2 Å². The fourth-order valence-corrected chi connectivity index (χ4v) is 2.21. The molecule has 0 bridgehead atoms. The fourth-order valence-electron chi connectivity index (χ4n) is 1.63.